The minimum Gasteiger partial charge on any atom is -0.424 e. The zero-order valence-corrected chi connectivity index (χ0v) is 10.4. The summed E-state index contributed by atoms with van der Waals surface area (Å²) in [4.78, 5) is 11.1. The summed E-state index contributed by atoms with van der Waals surface area (Å²) in [7, 11) is 0. The van der Waals surface area contributed by atoms with Crippen molar-refractivity contribution < 1.29 is 9.53 Å². The van der Waals surface area contributed by atoms with Crippen LogP contribution in [0.3, 0.4) is 0 Å². The number of hydrogen-bond donors (Lipinski definition) is 0. The van der Waals surface area contributed by atoms with Crippen molar-refractivity contribution in [3.05, 3.63) is 54.7 Å². The average molecular weight is 252 g/mol. The van der Waals surface area contributed by atoms with E-state index in [0.29, 0.717) is 11.3 Å². The van der Waals surface area contributed by atoms with E-state index >= 15 is 0 Å². The molecule has 1 heterocycles. The summed E-state index contributed by atoms with van der Waals surface area (Å²) < 4.78 is 6.94. The quantitative estimate of drug-likeness (QED) is 0.520. The van der Waals surface area contributed by atoms with Gasteiger partial charge in [-0.05, 0) is 18.2 Å². The second-order valence-corrected chi connectivity index (χ2v) is 4.20. The Balaban J connectivity index is 2.13. The van der Waals surface area contributed by atoms with Gasteiger partial charge in [-0.15, -0.1) is 0 Å². The van der Waals surface area contributed by atoms with E-state index in [1.807, 2.05) is 48.7 Å². The van der Waals surface area contributed by atoms with Gasteiger partial charge in [0.25, 0.3) is 0 Å². The highest BCUT2D eigenvalue weighted by Gasteiger charge is 2.09. The summed E-state index contributed by atoms with van der Waals surface area (Å²) in [6, 6.07) is 15.3. The van der Waals surface area contributed by atoms with Crippen LogP contribution in [0.5, 0.6) is 5.75 Å². The number of ether oxygens (including phenoxy) is 1. The van der Waals surface area contributed by atoms with E-state index in [-0.39, 0.29) is 5.97 Å². The van der Waals surface area contributed by atoms with Crippen LogP contribution in [0.25, 0.3) is 16.6 Å². The van der Waals surface area contributed by atoms with Crippen LogP contribution in [0.4, 0.5) is 0 Å². The summed E-state index contributed by atoms with van der Waals surface area (Å²) in [5.74, 6) is 0.140. The monoisotopic (exact) mass is 252 g/mol. The van der Waals surface area contributed by atoms with Gasteiger partial charge in [-0.3, -0.25) is 4.79 Å². The number of nitrogens with zero attached hydrogens (tertiary/aromatic N) is 2. The molecule has 0 fully saturated rings. The molecule has 3 aromatic rings. The molecule has 94 valence electrons. The maximum absolute atomic E-state index is 11.1. The lowest BCUT2D eigenvalue weighted by atomic mass is 10.2. The van der Waals surface area contributed by atoms with Crippen LogP contribution in [-0.4, -0.2) is 15.7 Å². The number of rotatable bonds is 2. The number of aromatic nitrogens is 2. The molecule has 0 spiro atoms. The molecular formula is C15H12N2O2. The highest BCUT2D eigenvalue weighted by atomic mass is 16.5. The van der Waals surface area contributed by atoms with Gasteiger partial charge in [0.1, 0.15) is 5.52 Å². The SMILES string of the molecule is CC(=O)Oc1cccc2cn(-c3ccccc3)nc12. The second kappa shape index (κ2) is 4.57. The molecule has 19 heavy (non-hydrogen) atoms. The van der Waals surface area contributed by atoms with Gasteiger partial charge in [-0.1, -0.05) is 30.3 Å². The van der Waals surface area contributed by atoms with Crippen molar-refractivity contribution in [1.29, 1.82) is 0 Å². The second-order valence-electron chi connectivity index (χ2n) is 4.20. The summed E-state index contributed by atoms with van der Waals surface area (Å²) in [6.45, 7) is 1.38. The Kier molecular flexibility index (Phi) is 2.76. The third-order valence-electron chi connectivity index (χ3n) is 2.77. The fraction of sp³-hybridized carbons (Fsp3) is 0.0667. The summed E-state index contributed by atoms with van der Waals surface area (Å²) in [5.41, 5.74) is 1.65. The van der Waals surface area contributed by atoms with Gasteiger partial charge in [0.15, 0.2) is 5.75 Å². The average Bonchev–Trinajstić information content (AvgIpc) is 2.84. The number of hydrogen-bond acceptors (Lipinski definition) is 3. The topological polar surface area (TPSA) is 44.1 Å². The van der Waals surface area contributed by atoms with Crippen LogP contribution in [0.2, 0.25) is 0 Å². The van der Waals surface area contributed by atoms with Crippen molar-refractivity contribution in [3.8, 4) is 11.4 Å². The molecule has 0 bridgehead atoms. The van der Waals surface area contributed by atoms with Crippen molar-refractivity contribution in [2.75, 3.05) is 0 Å². The predicted octanol–water partition coefficient (Wildman–Crippen LogP) is 2.95. The van der Waals surface area contributed by atoms with Crippen LogP contribution >= 0.6 is 0 Å². The molecule has 0 N–H and O–H groups in total. The zero-order chi connectivity index (χ0) is 13.2. The van der Waals surface area contributed by atoms with Crippen molar-refractivity contribution in [1.82, 2.24) is 9.78 Å². The lowest BCUT2D eigenvalue weighted by Gasteiger charge is -2.01. The van der Waals surface area contributed by atoms with Gasteiger partial charge < -0.3 is 4.74 Å². The van der Waals surface area contributed by atoms with E-state index < -0.39 is 0 Å². The molecule has 0 saturated heterocycles. The number of carbonyl (C=O) groups excluding carboxylic acids is 1. The van der Waals surface area contributed by atoms with Gasteiger partial charge in [0, 0.05) is 18.5 Å². The number of esters is 1. The van der Waals surface area contributed by atoms with Crippen molar-refractivity contribution in [2.24, 2.45) is 0 Å². The Morgan fingerprint density at radius 3 is 2.63 bits per heavy atom. The van der Waals surface area contributed by atoms with E-state index in [4.69, 9.17) is 4.74 Å². The molecule has 0 radical (unpaired) electrons. The lowest BCUT2D eigenvalue weighted by Crippen LogP contribution is -2.02. The highest BCUT2D eigenvalue weighted by Crippen LogP contribution is 2.25. The molecule has 0 atom stereocenters. The Morgan fingerprint density at radius 2 is 1.89 bits per heavy atom. The largest absolute Gasteiger partial charge is 0.424 e. The van der Waals surface area contributed by atoms with Gasteiger partial charge >= 0.3 is 5.97 Å². The molecule has 0 amide bonds. The maximum Gasteiger partial charge on any atom is 0.308 e. The summed E-state index contributed by atoms with van der Waals surface area (Å²) in [6.07, 6.45) is 1.91. The Morgan fingerprint density at radius 1 is 1.11 bits per heavy atom. The zero-order valence-electron chi connectivity index (χ0n) is 10.4. The summed E-state index contributed by atoms with van der Waals surface area (Å²) >= 11 is 0. The standard InChI is InChI=1S/C15H12N2O2/c1-11(18)19-14-9-5-6-12-10-17(16-15(12)14)13-7-3-2-4-8-13/h2-10H,1H3. The van der Waals surface area contributed by atoms with Crippen LogP contribution in [-0.2, 0) is 4.79 Å². The number of benzene rings is 2. The van der Waals surface area contributed by atoms with Crippen molar-refractivity contribution >= 4 is 16.9 Å². The van der Waals surface area contributed by atoms with Gasteiger partial charge in [0.05, 0.1) is 5.69 Å². The molecule has 0 unspecified atom stereocenters. The first kappa shape index (κ1) is 11.5. The van der Waals surface area contributed by atoms with Crippen molar-refractivity contribution in [3.63, 3.8) is 0 Å². The molecule has 0 aliphatic rings. The fourth-order valence-electron chi connectivity index (χ4n) is 1.97. The number of carbonyl (C=O) groups is 1. The third kappa shape index (κ3) is 2.20. The van der Waals surface area contributed by atoms with Gasteiger partial charge in [-0.25, -0.2) is 4.68 Å². The molecule has 4 nitrogen and oxygen atoms in total. The Hall–Kier alpha value is -2.62. The van der Waals surface area contributed by atoms with E-state index in [2.05, 4.69) is 5.10 Å². The first-order valence-electron chi connectivity index (χ1n) is 5.96. The summed E-state index contributed by atoms with van der Waals surface area (Å²) in [5, 5.41) is 5.41. The van der Waals surface area contributed by atoms with E-state index in [1.54, 1.807) is 10.7 Å². The van der Waals surface area contributed by atoms with Gasteiger partial charge in [0.2, 0.25) is 0 Å². The Labute approximate surface area is 110 Å². The molecule has 0 aliphatic carbocycles. The predicted molar refractivity (Wildman–Crippen MR) is 72.4 cm³/mol. The third-order valence-corrected chi connectivity index (χ3v) is 2.77. The maximum atomic E-state index is 11.1. The van der Waals surface area contributed by atoms with E-state index in [0.717, 1.165) is 11.1 Å². The molecular weight excluding hydrogens is 240 g/mol. The smallest absolute Gasteiger partial charge is 0.308 e. The first-order chi connectivity index (χ1) is 9.24. The van der Waals surface area contributed by atoms with Crippen LogP contribution < -0.4 is 4.74 Å². The lowest BCUT2D eigenvalue weighted by molar-refractivity contribution is -0.131. The first-order valence-corrected chi connectivity index (χ1v) is 5.96. The highest BCUT2D eigenvalue weighted by molar-refractivity contribution is 5.86. The molecule has 4 heteroatoms. The minimum absolute atomic E-state index is 0.346. The van der Waals surface area contributed by atoms with Crippen LogP contribution in [0.15, 0.2) is 54.7 Å². The van der Waals surface area contributed by atoms with Crippen LogP contribution in [0.1, 0.15) is 6.92 Å². The molecule has 3 rings (SSSR count). The number of para-hydroxylation sites is 1. The fourth-order valence-corrected chi connectivity index (χ4v) is 1.97. The van der Waals surface area contributed by atoms with E-state index in [1.165, 1.54) is 6.92 Å². The molecule has 1 aromatic heterocycles. The minimum atomic E-state index is -0.346. The normalized spacial score (nSPS) is 10.6. The van der Waals surface area contributed by atoms with Crippen molar-refractivity contribution in [2.45, 2.75) is 6.92 Å². The molecule has 2 aromatic carbocycles. The molecule has 0 aliphatic heterocycles. The van der Waals surface area contributed by atoms with Gasteiger partial charge in [-0.2, -0.15) is 5.10 Å². The van der Waals surface area contributed by atoms with E-state index in [9.17, 15) is 4.79 Å². The van der Waals surface area contributed by atoms with Crippen LogP contribution in [0, 0.1) is 0 Å². The molecule has 0 saturated carbocycles. The Bertz CT molecular complexity index is 732. The number of fused-ring (bicyclic) bond motifs is 1.